The van der Waals surface area contributed by atoms with Gasteiger partial charge in [0.05, 0.1) is 0 Å². The van der Waals surface area contributed by atoms with Crippen LogP contribution in [0.4, 0.5) is 21.5 Å². The Kier molecular flexibility index (Phi) is 9.89. The van der Waals surface area contributed by atoms with E-state index in [4.69, 9.17) is 0 Å². The third-order valence-electron chi connectivity index (χ3n) is 13.3. The SMILES string of the molecule is N#Cc1ccc(N(c2ccc3c(c2)c2ccccc2n3-c2ccccc2)c2ccc3c(c2)c2c[c]([Ge]([c]4ccccc4)([c]4ccccc4)[c]4ccccc4)ccc2n3-c2ccc(F)cc2)cc1. The second-order valence-electron chi connectivity index (χ2n) is 17.0. The van der Waals surface area contributed by atoms with Gasteiger partial charge in [-0.3, -0.25) is 0 Å². The molecule has 316 valence electrons. The van der Waals surface area contributed by atoms with Crippen LogP contribution >= 0.6 is 0 Å². The second kappa shape index (κ2) is 16.5. The molecule has 4 nitrogen and oxygen atoms in total. The molecule has 0 radical (unpaired) electrons. The Morgan fingerprint density at radius 3 is 1.31 bits per heavy atom. The topological polar surface area (TPSA) is 36.9 Å². The summed E-state index contributed by atoms with van der Waals surface area (Å²) in [7, 11) is 0. The maximum absolute atomic E-state index is 14.6. The Labute approximate surface area is 390 Å². The molecule has 0 amide bonds. The number of hydrogen-bond donors (Lipinski definition) is 0. The maximum atomic E-state index is 14.6. The molecule has 2 heterocycles. The van der Waals surface area contributed by atoms with Crippen molar-refractivity contribution in [1.82, 2.24) is 9.13 Å². The Balaban J connectivity index is 1.14. The average molecular weight is 922 g/mol. The summed E-state index contributed by atoms with van der Waals surface area (Å²) in [6, 6.07) is 89.7. The van der Waals surface area contributed by atoms with Gasteiger partial charge >= 0.3 is 333 Å². The van der Waals surface area contributed by atoms with Gasteiger partial charge in [0, 0.05) is 5.69 Å². The molecule has 10 aromatic carbocycles. The first kappa shape index (κ1) is 40.1. The van der Waals surface area contributed by atoms with Gasteiger partial charge in [-0.25, -0.2) is 0 Å². The Morgan fingerprint density at radius 2 is 0.776 bits per heavy atom. The van der Waals surface area contributed by atoms with Gasteiger partial charge in [-0.15, -0.1) is 0 Å². The average Bonchev–Trinajstić information content (AvgIpc) is 3.90. The molecule has 0 aliphatic carbocycles. The Morgan fingerprint density at radius 1 is 0.358 bits per heavy atom. The summed E-state index contributed by atoms with van der Waals surface area (Å²) in [5.74, 6) is -0.275. The summed E-state index contributed by atoms with van der Waals surface area (Å²) >= 11 is -3.68. The van der Waals surface area contributed by atoms with Crippen LogP contribution in [-0.2, 0) is 0 Å². The van der Waals surface area contributed by atoms with E-state index in [0.29, 0.717) is 5.56 Å². The number of hydrogen-bond acceptors (Lipinski definition) is 2. The van der Waals surface area contributed by atoms with E-state index < -0.39 is 13.3 Å². The van der Waals surface area contributed by atoms with Crippen LogP contribution in [0, 0.1) is 17.1 Å². The molecule has 0 aliphatic rings. The van der Waals surface area contributed by atoms with Crippen molar-refractivity contribution in [3.05, 3.63) is 260 Å². The Hall–Kier alpha value is -8.44. The molecule has 0 fully saturated rings. The summed E-state index contributed by atoms with van der Waals surface area (Å²) in [4.78, 5) is 2.29. The van der Waals surface area contributed by atoms with E-state index in [0.717, 1.165) is 72.0 Å². The van der Waals surface area contributed by atoms with E-state index in [2.05, 4.69) is 220 Å². The van der Waals surface area contributed by atoms with Crippen molar-refractivity contribution < 1.29 is 4.39 Å². The van der Waals surface area contributed by atoms with Crippen LogP contribution in [0.25, 0.3) is 55.0 Å². The number of para-hydroxylation sites is 2. The molecular formula is C61H41FGeN4. The van der Waals surface area contributed by atoms with Crippen molar-refractivity contribution in [2.75, 3.05) is 4.90 Å². The molecular weight excluding hydrogens is 880 g/mol. The number of benzene rings is 10. The Bertz CT molecular complexity index is 3710. The first-order chi connectivity index (χ1) is 33.1. The molecule has 6 heteroatoms. The van der Waals surface area contributed by atoms with Crippen molar-refractivity contribution in [3.8, 4) is 17.4 Å². The van der Waals surface area contributed by atoms with Crippen LogP contribution < -0.4 is 22.5 Å². The molecule has 2 aromatic heterocycles. The number of nitriles is 1. The van der Waals surface area contributed by atoms with Crippen molar-refractivity contribution in [2.24, 2.45) is 0 Å². The molecule has 0 unspecified atom stereocenters. The van der Waals surface area contributed by atoms with E-state index in [9.17, 15) is 9.65 Å². The first-order valence-electron chi connectivity index (χ1n) is 22.5. The van der Waals surface area contributed by atoms with Gasteiger partial charge in [-0.05, 0) is 18.2 Å². The first-order valence-corrected chi connectivity index (χ1v) is 26.7. The third-order valence-corrected chi connectivity index (χ3v) is 23.3. The van der Waals surface area contributed by atoms with Gasteiger partial charge in [0.15, 0.2) is 0 Å². The molecule has 67 heavy (non-hydrogen) atoms. The molecule has 0 spiro atoms. The summed E-state index contributed by atoms with van der Waals surface area (Å²) in [5.41, 5.74) is 9.77. The van der Waals surface area contributed by atoms with Crippen LogP contribution in [-0.4, -0.2) is 22.4 Å². The van der Waals surface area contributed by atoms with Crippen molar-refractivity contribution in [2.45, 2.75) is 0 Å². The van der Waals surface area contributed by atoms with E-state index in [1.54, 1.807) is 0 Å². The molecule has 12 rings (SSSR count). The van der Waals surface area contributed by atoms with E-state index in [-0.39, 0.29) is 5.82 Å². The molecule has 0 N–H and O–H groups in total. The normalized spacial score (nSPS) is 11.6. The predicted molar refractivity (Wildman–Crippen MR) is 278 cm³/mol. The number of anilines is 3. The van der Waals surface area contributed by atoms with Crippen molar-refractivity contribution >= 4 is 91.5 Å². The van der Waals surface area contributed by atoms with Gasteiger partial charge in [-0.1, -0.05) is 30.3 Å². The second-order valence-corrected chi connectivity index (χ2v) is 25.0. The van der Waals surface area contributed by atoms with Gasteiger partial charge in [0.25, 0.3) is 0 Å². The number of halogens is 1. The fraction of sp³-hybridized carbons (Fsp3) is 0. The fourth-order valence-corrected chi connectivity index (χ4v) is 20.4. The van der Waals surface area contributed by atoms with Crippen LogP contribution in [0.1, 0.15) is 5.56 Å². The third kappa shape index (κ3) is 6.64. The number of rotatable bonds is 9. The van der Waals surface area contributed by atoms with E-state index in [1.165, 1.54) is 29.7 Å². The van der Waals surface area contributed by atoms with E-state index >= 15 is 0 Å². The molecule has 12 aromatic rings. The van der Waals surface area contributed by atoms with Crippen LogP contribution in [0.15, 0.2) is 249 Å². The van der Waals surface area contributed by atoms with Gasteiger partial charge in [0.2, 0.25) is 0 Å². The summed E-state index contributed by atoms with van der Waals surface area (Å²) in [6.45, 7) is 0. The number of fused-ring (bicyclic) bond motifs is 6. The van der Waals surface area contributed by atoms with Crippen LogP contribution in [0.3, 0.4) is 0 Å². The molecule has 0 saturated carbocycles. The fourth-order valence-electron chi connectivity index (χ4n) is 10.4. The monoisotopic (exact) mass is 922 g/mol. The molecule has 0 saturated heterocycles. The quantitative estimate of drug-likeness (QED) is 0.135. The summed E-state index contributed by atoms with van der Waals surface area (Å²) in [6.07, 6.45) is 0. The van der Waals surface area contributed by atoms with Crippen molar-refractivity contribution in [1.29, 1.82) is 5.26 Å². The van der Waals surface area contributed by atoms with E-state index in [1.807, 2.05) is 36.4 Å². The summed E-state index contributed by atoms with van der Waals surface area (Å²) in [5, 5.41) is 14.3. The van der Waals surface area contributed by atoms with Crippen LogP contribution in [0.5, 0.6) is 0 Å². The standard InChI is InChI=1S/C61H41FGeN4/c62-44-27-32-51(33-28-44)67-59-36-29-48(63(45-15-5-1-6-16-45,46-17-7-2-8-18-46)47-19-9-3-10-20-47)39-55(59)57-41-53(35-38-61(57)67)65(50-30-25-43(42-64)26-31-50)52-34-37-60-56(40-52)54-23-13-14-24-58(54)66(60)49-21-11-4-12-22-49/h1-41H. The minimum atomic E-state index is -3.68. The zero-order valence-corrected chi connectivity index (χ0v) is 38.4. The summed E-state index contributed by atoms with van der Waals surface area (Å²) < 4.78 is 24.5. The zero-order valence-electron chi connectivity index (χ0n) is 36.3. The van der Waals surface area contributed by atoms with Gasteiger partial charge in [-0.2, -0.15) is 5.26 Å². The number of nitrogens with zero attached hydrogens (tertiary/aromatic N) is 4. The van der Waals surface area contributed by atoms with Gasteiger partial charge < -0.3 is 0 Å². The predicted octanol–water partition coefficient (Wildman–Crippen LogP) is 12.7. The zero-order chi connectivity index (χ0) is 44.9. The van der Waals surface area contributed by atoms with Crippen molar-refractivity contribution in [3.63, 3.8) is 0 Å². The minimum absolute atomic E-state index is 0.275. The number of aromatic nitrogens is 2. The molecule has 0 bridgehead atoms. The molecule has 0 atom stereocenters. The molecule has 0 aliphatic heterocycles. The van der Waals surface area contributed by atoms with Gasteiger partial charge in [0.1, 0.15) is 0 Å². The van der Waals surface area contributed by atoms with Crippen LogP contribution in [0.2, 0.25) is 0 Å².